The topological polar surface area (TPSA) is 47.6 Å². The molecule has 3 radical (unpaired) electrons. The van der Waals surface area contributed by atoms with Crippen LogP contribution in [0.1, 0.15) is 0 Å². The highest BCUT2D eigenvalue weighted by Gasteiger charge is 1.57. The number of nitrogens with zero attached hydrogens (tertiary/aromatic N) is 2. The number of hydrogen-bond donors (Lipinski definition) is 0. The molecule has 75 valence electrons. The fourth-order valence-electron chi connectivity index (χ4n) is 0.385. The van der Waals surface area contributed by atoms with Crippen LogP contribution in [0.3, 0.4) is 0 Å². The molecule has 0 aliphatic heterocycles. The van der Waals surface area contributed by atoms with E-state index in [1.54, 1.807) is 0 Å². The van der Waals surface area contributed by atoms with Crippen molar-refractivity contribution in [3.63, 3.8) is 0 Å². The molecule has 0 spiro atoms. The van der Waals surface area contributed by atoms with Crippen LogP contribution in [0.25, 0.3) is 0 Å². The van der Waals surface area contributed by atoms with Crippen LogP contribution in [-0.2, 0) is 0 Å². The predicted molar refractivity (Wildman–Crippen MR) is 45.7 cm³/mol. The molecule has 0 amide bonds. The van der Waals surface area contributed by atoms with Crippen molar-refractivity contribution in [2.75, 3.05) is 0 Å². The fourth-order valence-corrected chi connectivity index (χ4v) is 0.385. The maximum absolute atomic E-state index is 6.00. The number of hydrogen-bond acceptors (Lipinski definition) is 2. The Morgan fingerprint density at radius 1 is 0.462 bits per heavy atom. The predicted octanol–water partition coefficient (Wildman–Crippen LogP) is 1.95. The maximum atomic E-state index is 6.00. The Morgan fingerprint density at radius 2 is 0.538 bits per heavy atom. The summed E-state index contributed by atoms with van der Waals surface area (Å²) in [6.07, 6.45) is 0. The Morgan fingerprint density at radius 3 is 0.615 bits per heavy atom. The average molecular weight is 197 g/mol. The Balaban J connectivity index is -0.0000000166. The zero-order valence-corrected chi connectivity index (χ0v) is 6.57. The molecule has 0 unspecified atom stereocenters. The van der Waals surface area contributed by atoms with Gasteiger partial charge in [0.1, 0.15) is 0 Å². The van der Waals surface area contributed by atoms with E-state index in [1.807, 2.05) is 36.4 Å². The van der Waals surface area contributed by atoms with Crippen molar-refractivity contribution < 1.29 is 18.8 Å². The third kappa shape index (κ3) is 37.8. The van der Waals surface area contributed by atoms with E-state index in [2.05, 4.69) is 0 Å². The minimum Gasteiger partial charge on any atom is -0.269 e. The van der Waals surface area contributed by atoms with E-state index in [0.717, 1.165) is 0 Å². The highest BCUT2D eigenvalue weighted by molar-refractivity contribution is 5.75. The van der Waals surface area contributed by atoms with E-state index in [1.165, 1.54) is 0 Å². The van der Waals surface area contributed by atoms with Gasteiger partial charge in [0.2, 0.25) is 0 Å². The lowest BCUT2D eigenvalue weighted by atomic mass is 10.4. The molecule has 0 aliphatic carbocycles. The molecule has 7 heteroatoms. The lowest BCUT2D eigenvalue weighted by Crippen LogP contribution is -1.47. The molecule has 1 rings (SSSR count). The molecule has 0 aliphatic rings. The molecule has 0 N–H and O–H groups in total. The van der Waals surface area contributed by atoms with Gasteiger partial charge >= 0.3 is 0 Å². The van der Waals surface area contributed by atoms with Crippen molar-refractivity contribution in [1.29, 1.82) is 10.8 Å². The van der Waals surface area contributed by atoms with E-state index in [9.17, 15) is 0 Å². The molecule has 0 atom stereocenters. The smallest absolute Gasteiger partial charge is 0 e. The second-order valence-corrected chi connectivity index (χ2v) is 1.15. The summed E-state index contributed by atoms with van der Waals surface area (Å²) < 4.78 is 0. The first-order valence-corrected chi connectivity index (χ1v) is 2.20. The van der Waals surface area contributed by atoms with Crippen LogP contribution >= 0.6 is 0 Å². The maximum Gasteiger partial charge on any atom is 0 e. The summed E-state index contributed by atoms with van der Waals surface area (Å²) in [4.78, 5) is 0. The van der Waals surface area contributed by atoms with Crippen molar-refractivity contribution in [1.82, 2.24) is 0 Å². The van der Waals surface area contributed by atoms with Crippen LogP contribution < -0.4 is 0 Å². The summed E-state index contributed by atoms with van der Waals surface area (Å²) in [6.45, 7) is 0. The van der Waals surface area contributed by atoms with Crippen molar-refractivity contribution in [3.05, 3.63) is 36.4 Å². The van der Waals surface area contributed by atoms with Gasteiger partial charge in [-0.3, -0.25) is 18.8 Å². The van der Waals surface area contributed by atoms with Crippen molar-refractivity contribution in [3.8, 4) is 0 Å². The Kier molecular flexibility index (Phi) is 153. The fraction of sp³-hybridized carbons (Fsp3) is 0. The van der Waals surface area contributed by atoms with Gasteiger partial charge in [-0.1, -0.05) is 36.4 Å². The van der Waals surface area contributed by atoms with Gasteiger partial charge in [0, 0.05) is 19.2 Å². The molecule has 1 aromatic rings. The van der Waals surface area contributed by atoms with Crippen LogP contribution in [0.5, 0.6) is 0 Å². The van der Waals surface area contributed by atoms with E-state index >= 15 is 0 Å². The molecule has 2 nitrogen and oxygen atoms in total. The largest absolute Gasteiger partial charge is 0.269 e. The second kappa shape index (κ2) is 47.3. The summed E-state index contributed by atoms with van der Waals surface area (Å²) in [5, 5.41) is 12.0. The van der Waals surface area contributed by atoms with Gasteiger partial charge in [-0.2, -0.15) is 0 Å². The van der Waals surface area contributed by atoms with Gasteiger partial charge in [0.05, 0.1) is 0 Å². The van der Waals surface area contributed by atoms with E-state index in [0.29, 0.717) is 0 Å². The number of benzene rings is 1. The number of halogens is 4. The SMILES string of the molecule is F.F.F.F.N#N.[B].c1ccccc1. The van der Waals surface area contributed by atoms with Gasteiger partial charge in [-0.05, 0) is 0 Å². The second-order valence-electron chi connectivity index (χ2n) is 1.15. The zero-order chi connectivity index (χ0) is 6.24. The normalized spacial score (nSPS) is 3.85. The van der Waals surface area contributed by atoms with Gasteiger partial charge in [-0.15, -0.1) is 0 Å². The van der Waals surface area contributed by atoms with Crippen LogP contribution in [-0.4, -0.2) is 8.41 Å². The quantitative estimate of drug-likeness (QED) is 0.362. The minimum atomic E-state index is 0. The summed E-state index contributed by atoms with van der Waals surface area (Å²) >= 11 is 0. The van der Waals surface area contributed by atoms with Gasteiger partial charge in [-0.25, -0.2) is 0 Å². The summed E-state index contributed by atoms with van der Waals surface area (Å²) in [7, 11) is 0. The molecule has 0 fully saturated rings. The van der Waals surface area contributed by atoms with Crippen molar-refractivity contribution >= 4 is 8.41 Å². The van der Waals surface area contributed by atoms with E-state index in [-0.39, 0.29) is 27.2 Å². The average Bonchev–Trinajstić information content (AvgIpc) is 1.96. The van der Waals surface area contributed by atoms with Gasteiger partial charge in [0.15, 0.2) is 0 Å². The van der Waals surface area contributed by atoms with Gasteiger partial charge < -0.3 is 0 Å². The molecule has 0 heterocycles. The summed E-state index contributed by atoms with van der Waals surface area (Å²) in [6, 6.07) is 12.0. The third-order valence-electron chi connectivity index (χ3n) is 0.667. The summed E-state index contributed by atoms with van der Waals surface area (Å²) in [5.41, 5.74) is 0. The number of rotatable bonds is 0. The highest BCUT2D eigenvalue weighted by atomic mass is 19.0. The zero-order valence-electron chi connectivity index (χ0n) is 6.57. The first kappa shape index (κ1) is 42.2. The lowest BCUT2D eigenvalue weighted by molar-refractivity contribution is 1.11. The van der Waals surface area contributed by atoms with Crippen molar-refractivity contribution in [2.24, 2.45) is 0 Å². The molecule has 0 saturated heterocycles. The molecule has 0 saturated carbocycles. The Bertz CT molecular complexity index is 123. The molecular weight excluding hydrogens is 187 g/mol. The third-order valence-corrected chi connectivity index (χ3v) is 0.667. The highest BCUT2D eigenvalue weighted by Crippen LogP contribution is 1.79. The van der Waals surface area contributed by atoms with Crippen LogP contribution in [0.4, 0.5) is 18.8 Å². The molecule has 0 bridgehead atoms. The molecule has 1 aromatic carbocycles. The molecular formula is C6H10BF4N2. The van der Waals surface area contributed by atoms with Crippen molar-refractivity contribution in [2.45, 2.75) is 0 Å². The summed E-state index contributed by atoms with van der Waals surface area (Å²) in [5.74, 6) is 0. The van der Waals surface area contributed by atoms with Crippen LogP contribution in [0.15, 0.2) is 36.4 Å². The van der Waals surface area contributed by atoms with Crippen LogP contribution in [0, 0.1) is 10.8 Å². The van der Waals surface area contributed by atoms with E-state index < -0.39 is 0 Å². The monoisotopic (exact) mass is 197 g/mol. The van der Waals surface area contributed by atoms with Gasteiger partial charge in [0.25, 0.3) is 0 Å². The molecule has 13 heavy (non-hydrogen) atoms. The van der Waals surface area contributed by atoms with Crippen LogP contribution in [0.2, 0.25) is 0 Å². The molecule has 0 aromatic heterocycles. The standard InChI is InChI=1S/C6H6.B.4FH.N2/c1-2-4-6-5-3-1;;;;;;1-2/h1-6H;;4*1H;. The lowest BCUT2D eigenvalue weighted by Gasteiger charge is -1.69. The Labute approximate surface area is 75.4 Å². The minimum absolute atomic E-state index is 0. The Hall–Kier alpha value is -1.58. The first-order valence-electron chi connectivity index (χ1n) is 2.20. The van der Waals surface area contributed by atoms with E-state index in [4.69, 9.17) is 10.8 Å². The first-order chi connectivity index (χ1) is 4.00.